The predicted octanol–water partition coefficient (Wildman–Crippen LogP) is 4.02. The molecule has 18 heavy (non-hydrogen) atoms. The maximum absolute atomic E-state index is 4.64. The van der Waals surface area contributed by atoms with Gasteiger partial charge in [-0.05, 0) is 37.6 Å². The van der Waals surface area contributed by atoms with Gasteiger partial charge in [0.2, 0.25) is 0 Å². The summed E-state index contributed by atoms with van der Waals surface area (Å²) in [5.41, 5.74) is 1.13. The number of hydrogen-bond donors (Lipinski definition) is 1. The standard InChI is InChI=1S/C14H20N2S2/c1-3-8-15-9-11(2)10-17-14-16-12-6-4-5-7-13(12)18-14/h4-7,11,15H,3,8-10H2,1-2H3. The maximum Gasteiger partial charge on any atom is 0.151 e. The third kappa shape index (κ3) is 3.97. The minimum atomic E-state index is 0.688. The van der Waals surface area contributed by atoms with Crippen LogP contribution in [0.2, 0.25) is 0 Å². The average molecular weight is 280 g/mol. The van der Waals surface area contributed by atoms with Crippen LogP contribution in [0.1, 0.15) is 20.3 Å². The van der Waals surface area contributed by atoms with E-state index in [9.17, 15) is 0 Å². The lowest BCUT2D eigenvalue weighted by Crippen LogP contribution is -2.23. The second kappa shape index (κ2) is 7.12. The zero-order chi connectivity index (χ0) is 12.8. The number of fused-ring (bicyclic) bond motifs is 1. The molecule has 0 saturated heterocycles. The van der Waals surface area contributed by atoms with Crippen molar-refractivity contribution in [3.05, 3.63) is 24.3 Å². The van der Waals surface area contributed by atoms with Crippen molar-refractivity contribution in [2.75, 3.05) is 18.8 Å². The molecule has 1 aromatic carbocycles. The second-order valence-corrected chi connectivity index (χ2v) is 6.87. The van der Waals surface area contributed by atoms with Gasteiger partial charge in [0.25, 0.3) is 0 Å². The van der Waals surface area contributed by atoms with Crippen LogP contribution in [0.4, 0.5) is 0 Å². The summed E-state index contributed by atoms with van der Waals surface area (Å²) in [4.78, 5) is 4.64. The van der Waals surface area contributed by atoms with Crippen LogP contribution in [0, 0.1) is 5.92 Å². The van der Waals surface area contributed by atoms with Gasteiger partial charge in [-0.3, -0.25) is 0 Å². The fourth-order valence-corrected chi connectivity index (χ4v) is 3.82. The maximum atomic E-state index is 4.64. The Morgan fingerprint density at radius 3 is 3.00 bits per heavy atom. The van der Waals surface area contributed by atoms with Crippen LogP contribution < -0.4 is 5.32 Å². The number of hydrogen-bond acceptors (Lipinski definition) is 4. The summed E-state index contributed by atoms with van der Waals surface area (Å²) in [7, 11) is 0. The third-order valence-corrected chi connectivity index (χ3v) is 5.19. The Balaban J connectivity index is 1.82. The second-order valence-electron chi connectivity index (χ2n) is 4.57. The van der Waals surface area contributed by atoms with Gasteiger partial charge in [0, 0.05) is 5.75 Å². The van der Waals surface area contributed by atoms with E-state index in [0.29, 0.717) is 5.92 Å². The average Bonchev–Trinajstić information content (AvgIpc) is 2.79. The van der Waals surface area contributed by atoms with Crippen molar-refractivity contribution in [2.24, 2.45) is 5.92 Å². The Morgan fingerprint density at radius 2 is 2.22 bits per heavy atom. The molecule has 1 unspecified atom stereocenters. The highest BCUT2D eigenvalue weighted by Crippen LogP contribution is 2.30. The van der Waals surface area contributed by atoms with Crippen molar-refractivity contribution in [1.29, 1.82) is 0 Å². The molecule has 1 heterocycles. The molecular formula is C14H20N2S2. The molecule has 0 aliphatic heterocycles. The molecule has 98 valence electrons. The van der Waals surface area contributed by atoms with Gasteiger partial charge >= 0.3 is 0 Å². The fraction of sp³-hybridized carbons (Fsp3) is 0.500. The summed E-state index contributed by atoms with van der Waals surface area (Å²) < 4.78 is 2.48. The Bertz CT molecular complexity index is 448. The molecule has 0 radical (unpaired) electrons. The molecule has 2 nitrogen and oxygen atoms in total. The van der Waals surface area contributed by atoms with Crippen LogP contribution in [-0.2, 0) is 0 Å². The largest absolute Gasteiger partial charge is 0.316 e. The Labute approximate surface area is 117 Å². The number of nitrogens with one attached hydrogen (secondary N) is 1. The van der Waals surface area contributed by atoms with Crippen molar-refractivity contribution >= 4 is 33.3 Å². The summed E-state index contributed by atoms with van der Waals surface area (Å²) in [6, 6.07) is 8.35. The van der Waals surface area contributed by atoms with E-state index in [1.54, 1.807) is 11.3 Å². The number of thioether (sulfide) groups is 1. The molecule has 0 amide bonds. The molecule has 0 spiro atoms. The normalized spacial score (nSPS) is 13.0. The van der Waals surface area contributed by atoms with E-state index in [4.69, 9.17) is 0 Å². The summed E-state index contributed by atoms with van der Waals surface area (Å²) >= 11 is 3.68. The first kappa shape index (κ1) is 13.8. The van der Waals surface area contributed by atoms with Crippen molar-refractivity contribution < 1.29 is 0 Å². The van der Waals surface area contributed by atoms with Crippen molar-refractivity contribution in [3.63, 3.8) is 0 Å². The highest BCUT2D eigenvalue weighted by molar-refractivity contribution is 8.01. The van der Waals surface area contributed by atoms with E-state index < -0.39 is 0 Å². The van der Waals surface area contributed by atoms with Gasteiger partial charge in [-0.2, -0.15) is 0 Å². The Kier molecular flexibility index (Phi) is 5.47. The lowest BCUT2D eigenvalue weighted by molar-refractivity contribution is 0.557. The molecule has 1 aromatic heterocycles. The molecule has 2 rings (SSSR count). The quantitative estimate of drug-likeness (QED) is 0.612. The van der Waals surface area contributed by atoms with Crippen molar-refractivity contribution in [2.45, 2.75) is 24.6 Å². The molecule has 0 aliphatic carbocycles. The first-order valence-corrected chi connectivity index (χ1v) is 8.29. The predicted molar refractivity (Wildman–Crippen MR) is 82.7 cm³/mol. The van der Waals surface area contributed by atoms with E-state index in [2.05, 4.69) is 42.3 Å². The number of para-hydroxylation sites is 1. The molecule has 1 N–H and O–H groups in total. The van der Waals surface area contributed by atoms with Gasteiger partial charge in [0.1, 0.15) is 0 Å². The van der Waals surface area contributed by atoms with Crippen LogP contribution in [-0.4, -0.2) is 23.8 Å². The van der Waals surface area contributed by atoms with E-state index >= 15 is 0 Å². The number of aromatic nitrogens is 1. The van der Waals surface area contributed by atoms with Crippen LogP contribution in [0.15, 0.2) is 28.6 Å². The lowest BCUT2D eigenvalue weighted by atomic mass is 10.2. The molecule has 0 aliphatic rings. The van der Waals surface area contributed by atoms with Gasteiger partial charge in [0.05, 0.1) is 10.2 Å². The van der Waals surface area contributed by atoms with Gasteiger partial charge in [0.15, 0.2) is 4.34 Å². The summed E-state index contributed by atoms with van der Waals surface area (Å²) in [6.45, 7) is 6.72. The fourth-order valence-electron chi connectivity index (χ4n) is 1.71. The van der Waals surface area contributed by atoms with Crippen LogP contribution in [0.5, 0.6) is 0 Å². The van der Waals surface area contributed by atoms with Crippen LogP contribution in [0.25, 0.3) is 10.2 Å². The molecule has 4 heteroatoms. The first-order chi connectivity index (χ1) is 8.79. The summed E-state index contributed by atoms with van der Waals surface area (Å²) in [5, 5.41) is 3.47. The Hall–Kier alpha value is -0.580. The van der Waals surface area contributed by atoms with Crippen LogP contribution >= 0.6 is 23.1 Å². The van der Waals surface area contributed by atoms with Gasteiger partial charge in [-0.1, -0.05) is 37.7 Å². The highest BCUT2D eigenvalue weighted by atomic mass is 32.2. The summed E-state index contributed by atoms with van der Waals surface area (Å²) in [5.74, 6) is 1.82. The highest BCUT2D eigenvalue weighted by Gasteiger charge is 2.07. The minimum Gasteiger partial charge on any atom is -0.316 e. The summed E-state index contributed by atoms with van der Waals surface area (Å²) in [6.07, 6.45) is 1.21. The molecule has 0 fully saturated rings. The third-order valence-electron chi connectivity index (χ3n) is 2.69. The van der Waals surface area contributed by atoms with Crippen LogP contribution in [0.3, 0.4) is 0 Å². The smallest absolute Gasteiger partial charge is 0.151 e. The van der Waals surface area contributed by atoms with Gasteiger partial charge in [-0.15, -0.1) is 11.3 Å². The molecule has 0 bridgehead atoms. The van der Waals surface area contributed by atoms with Gasteiger partial charge < -0.3 is 5.32 Å². The molecular weight excluding hydrogens is 260 g/mol. The van der Waals surface area contributed by atoms with E-state index in [0.717, 1.165) is 24.4 Å². The number of nitrogens with zero attached hydrogens (tertiary/aromatic N) is 1. The van der Waals surface area contributed by atoms with E-state index in [1.165, 1.54) is 15.5 Å². The Morgan fingerprint density at radius 1 is 1.39 bits per heavy atom. The zero-order valence-corrected chi connectivity index (χ0v) is 12.6. The van der Waals surface area contributed by atoms with Crippen molar-refractivity contribution in [3.8, 4) is 0 Å². The first-order valence-electron chi connectivity index (χ1n) is 6.48. The zero-order valence-electron chi connectivity index (χ0n) is 11.0. The van der Waals surface area contributed by atoms with E-state index in [1.807, 2.05) is 17.8 Å². The molecule has 2 aromatic rings. The number of thiazole rings is 1. The topological polar surface area (TPSA) is 24.9 Å². The molecule has 0 saturated carbocycles. The van der Waals surface area contributed by atoms with E-state index in [-0.39, 0.29) is 0 Å². The lowest BCUT2D eigenvalue weighted by Gasteiger charge is -2.10. The number of benzene rings is 1. The van der Waals surface area contributed by atoms with Crippen molar-refractivity contribution in [1.82, 2.24) is 10.3 Å². The molecule has 1 atom stereocenters. The van der Waals surface area contributed by atoms with Gasteiger partial charge in [-0.25, -0.2) is 4.98 Å². The monoisotopic (exact) mass is 280 g/mol. The minimum absolute atomic E-state index is 0.688. The SMILES string of the molecule is CCCNCC(C)CSc1nc2ccccc2s1. The number of rotatable bonds is 7.